The van der Waals surface area contributed by atoms with E-state index in [0.29, 0.717) is 0 Å². The van der Waals surface area contributed by atoms with Crippen molar-refractivity contribution in [2.75, 3.05) is 0 Å². The molecule has 0 spiro atoms. The van der Waals surface area contributed by atoms with Crippen LogP contribution in [0.25, 0.3) is 0 Å². The minimum absolute atomic E-state index is 0.328. The average Bonchev–Trinajstić information content (AvgIpc) is 2.54. The van der Waals surface area contributed by atoms with Crippen LogP contribution in [0.1, 0.15) is 16.7 Å². The van der Waals surface area contributed by atoms with Crippen molar-refractivity contribution in [2.24, 2.45) is 0 Å². The van der Waals surface area contributed by atoms with Crippen molar-refractivity contribution in [1.82, 2.24) is 0 Å². The van der Waals surface area contributed by atoms with Gasteiger partial charge in [0.15, 0.2) is 0 Å². The van der Waals surface area contributed by atoms with Crippen LogP contribution in [0.3, 0.4) is 0 Å². The molecule has 0 nitrogen and oxygen atoms in total. The molecule has 26 heavy (non-hydrogen) atoms. The summed E-state index contributed by atoms with van der Waals surface area (Å²) in [4.78, 5) is 0. The van der Waals surface area contributed by atoms with Gasteiger partial charge in [0.25, 0.3) is 0 Å². The molecule has 0 unspecified atom stereocenters. The van der Waals surface area contributed by atoms with E-state index in [-0.39, 0.29) is 22.5 Å². The van der Waals surface area contributed by atoms with Gasteiger partial charge in [-0.25, -0.2) is 0 Å². The molecule has 0 aliphatic carbocycles. The Morgan fingerprint density at radius 2 is 0.654 bits per heavy atom. The Kier molecular flexibility index (Phi) is 5.05. The summed E-state index contributed by atoms with van der Waals surface area (Å²) in [6.45, 7) is 0. The monoisotopic (exact) mass is 472 g/mol. The molecule has 0 aliphatic rings. The molecule has 3 aromatic carbocycles. The third kappa shape index (κ3) is 2.90. The molecule has 0 saturated heterocycles. The Morgan fingerprint density at radius 3 is 0.846 bits per heavy atom. The van der Waals surface area contributed by atoms with Crippen molar-refractivity contribution in [3.05, 3.63) is 106 Å². The van der Waals surface area contributed by atoms with Crippen LogP contribution in [0.5, 0.6) is 0 Å². The van der Waals surface area contributed by atoms with Gasteiger partial charge in [-0.05, 0) is 0 Å². The Balaban J connectivity index is 2.53. The predicted molar refractivity (Wildman–Crippen MR) is 86.1 cm³/mol. The van der Waals surface area contributed by atoms with Crippen molar-refractivity contribution in [3.63, 3.8) is 0 Å². The second-order valence-corrected chi connectivity index (χ2v) is 8.07. The van der Waals surface area contributed by atoms with Crippen LogP contribution in [-0.2, 0) is 3.43 Å². The van der Waals surface area contributed by atoms with Crippen molar-refractivity contribution in [2.45, 2.75) is 3.43 Å². The summed E-state index contributed by atoms with van der Waals surface area (Å²) in [5.74, 6) is -6.90. The van der Waals surface area contributed by atoms with Gasteiger partial charge >= 0.3 is 158 Å². The van der Waals surface area contributed by atoms with E-state index in [1.807, 2.05) is 0 Å². The molecule has 0 heterocycles. The van der Waals surface area contributed by atoms with Crippen LogP contribution in [0, 0.1) is 34.9 Å². The van der Waals surface area contributed by atoms with Gasteiger partial charge in [-0.15, -0.1) is 0 Å². The van der Waals surface area contributed by atoms with E-state index in [1.54, 1.807) is 0 Å². The summed E-state index contributed by atoms with van der Waals surface area (Å²) in [7, 11) is 0. The summed E-state index contributed by atoms with van der Waals surface area (Å²) >= 11 is -0.328. The molecule has 0 amide bonds. The fourth-order valence-corrected chi connectivity index (χ4v) is 5.36. The minimum atomic E-state index is -2.30. The standard InChI is InChI=1S/C19H9F6.Sn.H/c20-10-4-1-5-11(21)16(10)19(17-12(22)6-2-7-13(17)23)18-14(24)8-3-9-15(18)25;;/h1-9H;;. The van der Waals surface area contributed by atoms with Crippen molar-refractivity contribution >= 4 is 22.5 Å². The first-order valence-electron chi connectivity index (χ1n) is 7.40. The fourth-order valence-electron chi connectivity index (χ4n) is 3.00. The molecule has 0 atom stereocenters. The summed E-state index contributed by atoms with van der Waals surface area (Å²) in [6.07, 6.45) is 0. The summed E-state index contributed by atoms with van der Waals surface area (Å²) in [6, 6.07) is 8.44. The number of hydrogen-bond acceptors (Lipinski definition) is 0. The number of benzene rings is 3. The molecule has 3 aromatic rings. The summed E-state index contributed by atoms with van der Waals surface area (Å²) in [5.41, 5.74) is -2.39. The van der Waals surface area contributed by atoms with Crippen LogP contribution in [0.15, 0.2) is 54.6 Å². The zero-order valence-electron chi connectivity index (χ0n) is 13.0. The maximum absolute atomic E-state index is 14.5. The predicted octanol–water partition coefficient (Wildman–Crippen LogP) is 4.71. The van der Waals surface area contributed by atoms with Gasteiger partial charge in [0, 0.05) is 0 Å². The Morgan fingerprint density at radius 1 is 0.462 bits per heavy atom. The molecule has 132 valence electrons. The van der Waals surface area contributed by atoms with Crippen LogP contribution in [-0.4, -0.2) is 22.5 Å². The van der Waals surface area contributed by atoms with Gasteiger partial charge in [-0.2, -0.15) is 0 Å². The van der Waals surface area contributed by atoms with E-state index in [9.17, 15) is 26.3 Å². The number of halogens is 6. The van der Waals surface area contributed by atoms with E-state index in [2.05, 4.69) is 0 Å². The topological polar surface area (TPSA) is 0 Å². The molecule has 0 fully saturated rings. The van der Waals surface area contributed by atoms with Crippen LogP contribution >= 0.6 is 0 Å². The third-order valence-electron chi connectivity index (χ3n) is 4.07. The fraction of sp³-hybridized carbons (Fsp3) is 0.0526. The van der Waals surface area contributed by atoms with E-state index >= 15 is 0 Å². The van der Waals surface area contributed by atoms with Crippen molar-refractivity contribution in [1.29, 1.82) is 0 Å². The van der Waals surface area contributed by atoms with Crippen LogP contribution in [0.2, 0.25) is 0 Å². The molecule has 2 radical (unpaired) electrons. The Hall–Kier alpha value is -1.96. The quantitative estimate of drug-likeness (QED) is 0.295. The van der Waals surface area contributed by atoms with Gasteiger partial charge in [0.1, 0.15) is 0 Å². The van der Waals surface area contributed by atoms with Gasteiger partial charge in [0.2, 0.25) is 0 Å². The molecule has 0 saturated carbocycles. The molecule has 0 aromatic heterocycles. The maximum atomic E-state index is 14.5. The molecular formula is C19H10F6Sn. The first kappa shape index (κ1) is 18.8. The van der Waals surface area contributed by atoms with E-state index in [4.69, 9.17) is 0 Å². The summed E-state index contributed by atoms with van der Waals surface area (Å²) < 4.78 is 84.9. The number of hydrogen-bond donors (Lipinski definition) is 0. The first-order chi connectivity index (χ1) is 12.3. The van der Waals surface area contributed by atoms with Gasteiger partial charge in [-0.3, -0.25) is 0 Å². The van der Waals surface area contributed by atoms with Gasteiger partial charge in [0.05, 0.1) is 0 Å². The molecule has 0 bridgehead atoms. The zero-order valence-corrected chi connectivity index (χ0v) is 16.3. The van der Waals surface area contributed by atoms with Gasteiger partial charge < -0.3 is 0 Å². The molecule has 0 aliphatic heterocycles. The Labute approximate surface area is 158 Å². The van der Waals surface area contributed by atoms with Crippen LogP contribution < -0.4 is 0 Å². The van der Waals surface area contributed by atoms with Crippen LogP contribution in [0.4, 0.5) is 26.3 Å². The molecular weight excluding hydrogens is 461 g/mol. The van der Waals surface area contributed by atoms with Crippen molar-refractivity contribution in [3.8, 4) is 0 Å². The molecule has 3 rings (SSSR count). The third-order valence-corrected chi connectivity index (χ3v) is 6.54. The van der Waals surface area contributed by atoms with Crippen molar-refractivity contribution < 1.29 is 26.3 Å². The number of rotatable bonds is 3. The van der Waals surface area contributed by atoms with E-state index < -0.39 is 55.0 Å². The SMILES string of the molecule is Fc1cccc(F)c1[C]([SnH])(c1c(F)cccc1F)c1c(F)cccc1F. The molecule has 0 N–H and O–H groups in total. The normalized spacial score (nSPS) is 11.7. The van der Waals surface area contributed by atoms with E-state index in [1.165, 1.54) is 0 Å². The Bertz CT molecular complexity index is 800. The van der Waals surface area contributed by atoms with Gasteiger partial charge in [-0.1, -0.05) is 0 Å². The zero-order chi connectivity index (χ0) is 19.1. The molecule has 7 heteroatoms. The summed E-state index contributed by atoms with van der Waals surface area (Å²) in [5, 5.41) is 0. The van der Waals surface area contributed by atoms with E-state index in [0.717, 1.165) is 54.6 Å². The average molecular weight is 471 g/mol. The second-order valence-electron chi connectivity index (χ2n) is 5.60. The first-order valence-corrected chi connectivity index (χ1v) is 9.05. The second kappa shape index (κ2) is 6.98.